The molecule has 2 atom stereocenters. The first-order valence-corrected chi connectivity index (χ1v) is 9.98. The van der Waals surface area contributed by atoms with Gasteiger partial charge in [-0.25, -0.2) is 0 Å². The lowest BCUT2D eigenvalue weighted by molar-refractivity contribution is -0.133. The second kappa shape index (κ2) is 7.87. The second-order valence-electron chi connectivity index (χ2n) is 7.91. The molecule has 0 aromatic heterocycles. The van der Waals surface area contributed by atoms with Crippen molar-refractivity contribution in [3.05, 3.63) is 65.7 Å². The normalized spacial score (nSPS) is 22.2. The fourth-order valence-corrected chi connectivity index (χ4v) is 4.19. The summed E-state index contributed by atoms with van der Waals surface area (Å²) in [6.07, 6.45) is 1.64. The molecule has 2 amide bonds. The maximum Gasteiger partial charge on any atom is 0.251 e. The molecule has 29 heavy (non-hydrogen) atoms. The molecule has 0 spiro atoms. The number of likely N-dealkylation sites (tertiary alicyclic amines) is 1. The number of rotatable bonds is 6. The molecule has 1 aliphatic carbocycles. The molecule has 1 heterocycles. The molecule has 0 bridgehead atoms. The van der Waals surface area contributed by atoms with E-state index in [1.165, 1.54) is 0 Å². The maximum atomic E-state index is 13.3. The first-order chi connectivity index (χ1) is 14.1. The van der Waals surface area contributed by atoms with Crippen LogP contribution in [0, 0.1) is 5.92 Å². The van der Waals surface area contributed by atoms with Crippen LogP contribution in [-0.4, -0.2) is 54.7 Å². The highest BCUT2D eigenvalue weighted by Gasteiger charge is 2.54. The van der Waals surface area contributed by atoms with Crippen LogP contribution in [0.15, 0.2) is 54.6 Å². The number of carbonyl (C=O) groups is 2. The van der Waals surface area contributed by atoms with Crippen molar-refractivity contribution in [3.8, 4) is 5.75 Å². The third-order valence-corrected chi connectivity index (χ3v) is 6.12. The molecule has 0 unspecified atom stereocenters. The Morgan fingerprint density at radius 1 is 1.10 bits per heavy atom. The Kier molecular flexibility index (Phi) is 5.28. The van der Waals surface area contributed by atoms with Crippen LogP contribution in [0.1, 0.15) is 28.8 Å². The summed E-state index contributed by atoms with van der Waals surface area (Å²) in [6, 6.07) is 16.4. The van der Waals surface area contributed by atoms with Gasteiger partial charge >= 0.3 is 0 Å². The number of hydrogen-bond donors (Lipinski definition) is 2. The Hall–Kier alpha value is -2.86. The molecule has 6 heteroatoms. The topological polar surface area (TPSA) is 78.9 Å². The summed E-state index contributed by atoms with van der Waals surface area (Å²) in [5.41, 5.74) is 1.09. The van der Waals surface area contributed by atoms with E-state index in [0.717, 1.165) is 24.2 Å². The van der Waals surface area contributed by atoms with Gasteiger partial charge in [-0.15, -0.1) is 0 Å². The highest BCUT2D eigenvalue weighted by atomic mass is 16.5. The molecule has 0 radical (unpaired) electrons. The van der Waals surface area contributed by atoms with Crippen LogP contribution in [0.5, 0.6) is 5.75 Å². The van der Waals surface area contributed by atoms with Crippen LogP contribution in [0.3, 0.4) is 0 Å². The number of benzene rings is 2. The summed E-state index contributed by atoms with van der Waals surface area (Å²) in [6.45, 7) is 0.798. The van der Waals surface area contributed by atoms with Crippen LogP contribution in [0.4, 0.5) is 0 Å². The Morgan fingerprint density at radius 3 is 2.38 bits per heavy atom. The minimum Gasteiger partial charge on any atom is -0.497 e. The van der Waals surface area contributed by atoms with Gasteiger partial charge in [-0.3, -0.25) is 9.59 Å². The summed E-state index contributed by atoms with van der Waals surface area (Å²) >= 11 is 0. The van der Waals surface area contributed by atoms with Crippen molar-refractivity contribution in [1.82, 2.24) is 10.2 Å². The van der Waals surface area contributed by atoms with Gasteiger partial charge in [-0.2, -0.15) is 0 Å². The van der Waals surface area contributed by atoms with Crippen LogP contribution in [0.2, 0.25) is 0 Å². The van der Waals surface area contributed by atoms with Crippen molar-refractivity contribution >= 4 is 11.8 Å². The number of nitrogens with one attached hydrogen (secondary N) is 1. The summed E-state index contributed by atoms with van der Waals surface area (Å²) in [5.74, 6) is 0.498. The number of methoxy groups -OCH3 is 1. The molecular weight excluding hydrogens is 368 g/mol. The molecule has 1 saturated carbocycles. The van der Waals surface area contributed by atoms with Crippen molar-refractivity contribution in [2.45, 2.75) is 24.3 Å². The van der Waals surface area contributed by atoms with Crippen molar-refractivity contribution in [1.29, 1.82) is 0 Å². The van der Waals surface area contributed by atoms with Gasteiger partial charge in [-0.05, 0) is 42.7 Å². The van der Waals surface area contributed by atoms with E-state index in [1.807, 2.05) is 42.5 Å². The van der Waals surface area contributed by atoms with Gasteiger partial charge in [0, 0.05) is 31.2 Å². The zero-order valence-electron chi connectivity index (χ0n) is 16.5. The molecule has 2 aliphatic rings. The fourth-order valence-electron chi connectivity index (χ4n) is 4.19. The largest absolute Gasteiger partial charge is 0.497 e. The number of hydrogen-bond acceptors (Lipinski definition) is 4. The van der Waals surface area contributed by atoms with Crippen molar-refractivity contribution in [2.24, 2.45) is 5.92 Å². The summed E-state index contributed by atoms with van der Waals surface area (Å²) < 4.78 is 5.22. The number of ether oxygens (including phenoxy) is 1. The predicted octanol–water partition coefficient (Wildman–Crippen LogP) is 1.98. The van der Waals surface area contributed by atoms with Crippen molar-refractivity contribution in [3.63, 3.8) is 0 Å². The van der Waals surface area contributed by atoms with Gasteiger partial charge in [0.05, 0.1) is 18.6 Å². The molecule has 6 nitrogen and oxygen atoms in total. The third-order valence-electron chi connectivity index (χ3n) is 6.12. The Morgan fingerprint density at radius 2 is 1.79 bits per heavy atom. The second-order valence-corrected chi connectivity index (χ2v) is 7.91. The maximum absolute atomic E-state index is 13.3. The number of aliphatic hydroxyl groups excluding tert-OH is 1. The molecule has 1 aliphatic heterocycles. The van der Waals surface area contributed by atoms with Gasteiger partial charge in [0.25, 0.3) is 5.91 Å². The van der Waals surface area contributed by atoms with Crippen molar-refractivity contribution < 1.29 is 19.4 Å². The summed E-state index contributed by atoms with van der Waals surface area (Å²) in [7, 11) is 1.62. The minimum absolute atomic E-state index is 0.0704. The molecule has 2 N–H and O–H groups in total. The molecule has 2 aromatic carbocycles. The van der Waals surface area contributed by atoms with Crippen LogP contribution >= 0.6 is 0 Å². The van der Waals surface area contributed by atoms with Crippen LogP contribution in [0.25, 0.3) is 0 Å². The smallest absolute Gasteiger partial charge is 0.251 e. The van der Waals surface area contributed by atoms with Crippen LogP contribution in [-0.2, 0) is 10.2 Å². The lowest BCUT2D eigenvalue weighted by Crippen LogP contribution is -2.43. The zero-order chi connectivity index (χ0) is 20.4. The van der Waals surface area contributed by atoms with Crippen molar-refractivity contribution in [2.75, 3.05) is 26.8 Å². The standard InChI is InChI=1S/C23H26N2O4/c1-29-19-9-7-18(8-10-19)23(11-12-23)22(28)25-13-17(15-26)20(14-25)24-21(27)16-5-3-2-4-6-16/h2-10,17,20,26H,11-15H2,1H3,(H,24,27)/t17-,20+/m0/s1. The van der Waals surface area contributed by atoms with E-state index in [0.29, 0.717) is 18.7 Å². The van der Waals surface area contributed by atoms with Crippen LogP contribution < -0.4 is 10.1 Å². The summed E-state index contributed by atoms with van der Waals surface area (Å²) in [5, 5.41) is 12.8. The van der Waals surface area contributed by atoms with E-state index >= 15 is 0 Å². The van der Waals surface area contributed by atoms with Gasteiger partial charge in [-0.1, -0.05) is 30.3 Å². The van der Waals surface area contributed by atoms with E-state index in [4.69, 9.17) is 4.74 Å². The Balaban J connectivity index is 1.46. The quantitative estimate of drug-likeness (QED) is 0.785. The lowest BCUT2D eigenvalue weighted by atomic mass is 9.94. The first-order valence-electron chi connectivity index (χ1n) is 9.98. The highest BCUT2D eigenvalue weighted by molar-refractivity contribution is 5.95. The molecule has 2 fully saturated rings. The SMILES string of the molecule is COc1ccc(C2(C(=O)N3C[C@@H](CO)[C@H](NC(=O)c4ccccc4)C3)CC2)cc1. The molecule has 152 valence electrons. The lowest BCUT2D eigenvalue weighted by Gasteiger charge is -2.24. The summed E-state index contributed by atoms with van der Waals surface area (Å²) in [4.78, 5) is 27.7. The monoisotopic (exact) mass is 394 g/mol. The molecule has 2 aromatic rings. The van der Waals surface area contributed by atoms with E-state index < -0.39 is 5.41 Å². The van der Waals surface area contributed by atoms with Gasteiger partial charge in [0.15, 0.2) is 0 Å². The van der Waals surface area contributed by atoms with E-state index in [9.17, 15) is 14.7 Å². The zero-order valence-corrected chi connectivity index (χ0v) is 16.5. The average Bonchev–Trinajstić information content (AvgIpc) is 3.49. The van der Waals surface area contributed by atoms with E-state index in [-0.39, 0.29) is 30.4 Å². The number of amides is 2. The number of aliphatic hydroxyl groups is 1. The molecule has 4 rings (SSSR count). The third kappa shape index (κ3) is 3.72. The number of nitrogens with zero attached hydrogens (tertiary/aromatic N) is 1. The fraction of sp³-hybridized carbons (Fsp3) is 0.391. The number of carbonyl (C=O) groups excluding carboxylic acids is 2. The Labute approximate surface area is 170 Å². The average molecular weight is 394 g/mol. The molecular formula is C23H26N2O4. The predicted molar refractivity (Wildman–Crippen MR) is 109 cm³/mol. The van der Waals surface area contributed by atoms with E-state index in [2.05, 4.69) is 5.32 Å². The highest BCUT2D eigenvalue weighted by Crippen LogP contribution is 2.50. The minimum atomic E-state index is -0.482. The Bertz CT molecular complexity index is 878. The van der Waals surface area contributed by atoms with Gasteiger partial charge in [0.1, 0.15) is 5.75 Å². The molecule has 1 saturated heterocycles. The first kappa shape index (κ1) is 19.5. The van der Waals surface area contributed by atoms with E-state index in [1.54, 1.807) is 24.1 Å². The van der Waals surface area contributed by atoms with Gasteiger partial charge in [0.2, 0.25) is 5.91 Å². The van der Waals surface area contributed by atoms with Gasteiger partial charge < -0.3 is 20.1 Å².